The molecule has 0 saturated heterocycles. The first-order chi connectivity index (χ1) is 11.7. The van der Waals surface area contributed by atoms with Crippen LogP contribution in [0.4, 0.5) is 4.79 Å². The first-order valence-corrected chi connectivity index (χ1v) is 8.04. The van der Waals surface area contributed by atoms with Crippen molar-refractivity contribution in [3.8, 4) is 11.5 Å². The van der Waals surface area contributed by atoms with Crippen LogP contribution in [-0.2, 0) is 13.0 Å². The van der Waals surface area contributed by atoms with Crippen molar-refractivity contribution in [2.24, 2.45) is 0 Å². The van der Waals surface area contributed by atoms with Crippen molar-refractivity contribution in [1.29, 1.82) is 0 Å². The Balaban J connectivity index is 1.54. The largest absolute Gasteiger partial charge is 0.493 e. The first-order valence-electron chi connectivity index (χ1n) is 8.04. The van der Waals surface area contributed by atoms with Gasteiger partial charge in [-0.1, -0.05) is 42.0 Å². The standard InChI is InChI=1S/C19H22N2O3/c1-13-5-3-6-14(9-13)11-20-19(22)21-16-10-15-7-4-8-17(23-2)18(15)24-12-16/h3-9,16H,10-12H2,1-2H3,(H2,20,21,22). The summed E-state index contributed by atoms with van der Waals surface area (Å²) in [5.41, 5.74) is 3.31. The van der Waals surface area contributed by atoms with Gasteiger partial charge in [0.2, 0.25) is 0 Å². The topological polar surface area (TPSA) is 59.6 Å². The molecule has 0 radical (unpaired) electrons. The fourth-order valence-electron chi connectivity index (χ4n) is 2.89. The Labute approximate surface area is 142 Å². The summed E-state index contributed by atoms with van der Waals surface area (Å²) in [6, 6.07) is 13.7. The number of nitrogens with one attached hydrogen (secondary N) is 2. The number of para-hydroxylation sites is 1. The third kappa shape index (κ3) is 3.79. The van der Waals surface area contributed by atoms with E-state index in [4.69, 9.17) is 9.47 Å². The van der Waals surface area contributed by atoms with Gasteiger partial charge in [0.05, 0.1) is 13.2 Å². The van der Waals surface area contributed by atoms with Crippen LogP contribution >= 0.6 is 0 Å². The minimum absolute atomic E-state index is 0.0536. The molecule has 3 rings (SSSR count). The number of hydrogen-bond acceptors (Lipinski definition) is 3. The summed E-state index contributed by atoms with van der Waals surface area (Å²) in [5.74, 6) is 1.51. The Morgan fingerprint density at radius 3 is 2.92 bits per heavy atom. The predicted octanol–water partition coefficient (Wildman–Crippen LogP) is 2.81. The molecular weight excluding hydrogens is 304 g/mol. The lowest BCUT2D eigenvalue weighted by molar-refractivity contribution is 0.210. The van der Waals surface area contributed by atoms with E-state index < -0.39 is 0 Å². The lowest BCUT2D eigenvalue weighted by Crippen LogP contribution is -2.47. The van der Waals surface area contributed by atoms with E-state index in [-0.39, 0.29) is 12.1 Å². The second-order valence-electron chi connectivity index (χ2n) is 5.98. The summed E-state index contributed by atoms with van der Waals surface area (Å²) in [6.45, 7) is 2.98. The molecule has 2 N–H and O–H groups in total. The van der Waals surface area contributed by atoms with Gasteiger partial charge in [0, 0.05) is 12.1 Å². The van der Waals surface area contributed by atoms with Gasteiger partial charge in [0.15, 0.2) is 11.5 Å². The average Bonchev–Trinajstić information content (AvgIpc) is 2.59. The van der Waals surface area contributed by atoms with Crippen LogP contribution in [-0.4, -0.2) is 25.8 Å². The molecule has 1 aliphatic rings. The molecule has 1 unspecified atom stereocenters. The molecule has 1 atom stereocenters. The third-order valence-electron chi connectivity index (χ3n) is 4.05. The fourth-order valence-corrected chi connectivity index (χ4v) is 2.89. The van der Waals surface area contributed by atoms with Gasteiger partial charge in [-0.3, -0.25) is 0 Å². The number of carbonyl (C=O) groups is 1. The van der Waals surface area contributed by atoms with Crippen molar-refractivity contribution in [2.75, 3.05) is 13.7 Å². The Hall–Kier alpha value is -2.69. The summed E-state index contributed by atoms with van der Waals surface area (Å²) in [5, 5.41) is 5.86. The molecule has 0 aromatic heterocycles. The van der Waals surface area contributed by atoms with Gasteiger partial charge in [0.25, 0.3) is 0 Å². The molecule has 2 aromatic rings. The molecule has 24 heavy (non-hydrogen) atoms. The highest BCUT2D eigenvalue weighted by Gasteiger charge is 2.23. The molecule has 5 nitrogen and oxygen atoms in total. The first kappa shape index (κ1) is 16.2. The van der Waals surface area contributed by atoms with Gasteiger partial charge in [-0.05, 0) is 25.0 Å². The number of benzene rings is 2. The minimum atomic E-state index is -0.184. The Kier molecular flexibility index (Phi) is 4.89. The Bertz CT molecular complexity index is 730. The summed E-state index contributed by atoms with van der Waals surface area (Å²) in [7, 11) is 1.63. The van der Waals surface area contributed by atoms with E-state index in [0.29, 0.717) is 13.2 Å². The number of hydrogen-bond donors (Lipinski definition) is 2. The normalized spacial score (nSPS) is 15.8. The second kappa shape index (κ2) is 7.25. The summed E-state index contributed by atoms with van der Waals surface area (Å²) >= 11 is 0. The van der Waals surface area contributed by atoms with Crippen LogP contribution in [0.5, 0.6) is 11.5 Å². The maximum Gasteiger partial charge on any atom is 0.315 e. The van der Waals surface area contributed by atoms with Crippen LogP contribution in [0.1, 0.15) is 16.7 Å². The Morgan fingerprint density at radius 1 is 1.29 bits per heavy atom. The number of fused-ring (bicyclic) bond motifs is 1. The van der Waals surface area contributed by atoms with Gasteiger partial charge >= 0.3 is 6.03 Å². The number of ether oxygens (including phenoxy) is 2. The molecule has 2 aromatic carbocycles. The molecule has 0 saturated carbocycles. The van der Waals surface area contributed by atoms with Crippen LogP contribution in [0.2, 0.25) is 0 Å². The van der Waals surface area contributed by atoms with E-state index in [9.17, 15) is 4.79 Å². The maximum atomic E-state index is 12.1. The van der Waals surface area contributed by atoms with Crippen molar-refractivity contribution in [3.05, 3.63) is 59.2 Å². The van der Waals surface area contributed by atoms with Crippen molar-refractivity contribution < 1.29 is 14.3 Å². The number of amides is 2. The third-order valence-corrected chi connectivity index (χ3v) is 4.05. The van der Waals surface area contributed by atoms with Gasteiger partial charge in [-0.2, -0.15) is 0 Å². The predicted molar refractivity (Wildman–Crippen MR) is 92.5 cm³/mol. The van der Waals surface area contributed by atoms with Crippen LogP contribution in [0.15, 0.2) is 42.5 Å². The molecule has 0 bridgehead atoms. The quantitative estimate of drug-likeness (QED) is 0.908. The molecule has 1 heterocycles. The number of urea groups is 1. The van der Waals surface area contributed by atoms with Crippen molar-refractivity contribution in [3.63, 3.8) is 0 Å². The number of carbonyl (C=O) groups excluding carboxylic acids is 1. The molecular formula is C19H22N2O3. The van der Waals surface area contributed by atoms with Gasteiger partial charge in [-0.25, -0.2) is 4.79 Å². The lowest BCUT2D eigenvalue weighted by Gasteiger charge is -2.27. The van der Waals surface area contributed by atoms with Crippen LogP contribution in [0, 0.1) is 6.92 Å². The molecule has 0 spiro atoms. The van der Waals surface area contributed by atoms with Crippen LogP contribution in [0.3, 0.4) is 0 Å². The van der Waals surface area contributed by atoms with E-state index in [0.717, 1.165) is 29.0 Å². The van der Waals surface area contributed by atoms with E-state index >= 15 is 0 Å². The number of aryl methyl sites for hydroxylation is 1. The molecule has 5 heteroatoms. The molecule has 2 amide bonds. The van der Waals surface area contributed by atoms with E-state index in [1.807, 2.05) is 43.3 Å². The lowest BCUT2D eigenvalue weighted by atomic mass is 10.0. The summed E-state index contributed by atoms with van der Waals surface area (Å²) in [4.78, 5) is 12.1. The summed E-state index contributed by atoms with van der Waals surface area (Å²) in [6.07, 6.45) is 0.727. The SMILES string of the molecule is COc1cccc2c1OCC(NC(=O)NCc1cccc(C)c1)C2. The Morgan fingerprint density at radius 2 is 2.12 bits per heavy atom. The van der Waals surface area contributed by atoms with E-state index in [2.05, 4.69) is 16.7 Å². The zero-order valence-electron chi connectivity index (χ0n) is 14.0. The van der Waals surface area contributed by atoms with Crippen molar-refractivity contribution in [2.45, 2.75) is 25.9 Å². The zero-order valence-corrected chi connectivity index (χ0v) is 14.0. The van der Waals surface area contributed by atoms with Crippen molar-refractivity contribution in [1.82, 2.24) is 10.6 Å². The number of rotatable bonds is 4. The van der Waals surface area contributed by atoms with Gasteiger partial charge in [-0.15, -0.1) is 0 Å². The highest BCUT2D eigenvalue weighted by atomic mass is 16.5. The summed E-state index contributed by atoms with van der Waals surface area (Å²) < 4.78 is 11.1. The van der Waals surface area contributed by atoms with Crippen molar-refractivity contribution >= 4 is 6.03 Å². The minimum Gasteiger partial charge on any atom is -0.493 e. The maximum absolute atomic E-state index is 12.1. The fraction of sp³-hybridized carbons (Fsp3) is 0.316. The second-order valence-corrected chi connectivity index (χ2v) is 5.98. The monoisotopic (exact) mass is 326 g/mol. The average molecular weight is 326 g/mol. The zero-order chi connectivity index (χ0) is 16.9. The number of methoxy groups -OCH3 is 1. The van der Waals surface area contributed by atoms with Crippen LogP contribution in [0.25, 0.3) is 0 Å². The van der Waals surface area contributed by atoms with Gasteiger partial charge < -0.3 is 20.1 Å². The highest BCUT2D eigenvalue weighted by Crippen LogP contribution is 2.34. The molecule has 0 aliphatic carbocycles. The molecule has 0 fully saturated rings. The van der Waals surface area contributed by atoms with Crippen LogP contribution < -0.4 is 20.1 Å². The van der Waals surface area contributed by atoms with E-state index in [1.54, 1.807) is 7.11 Å². The molecule has 126 valence electrons. The smallest absolute Gasteiger partial charge is 0.315 e. The highest BCUT2D eigenvalue weighted by molar-refractivity contribution is 5.74. The van der Waals surface area contributed by atoms with E-state index in [1.165, 1.54) is 5.56 Å². The molecule has 1 aliphatic heterocycles. The van der Waals surface area contributed by atoms with Gasteiger partial charge in [0.1, 0.15) is 6.61 Å².